The van der Waals surface area contributed by atoms with E-state index in [4.69, 9.17) is 9.47 Å². The molecule has 0 fully saturated rings. The van der Waals surface area contributed by atoms with Gasteiger partial charge in [-0.25, -0.2) is 0 Å². The van der Waals surface area contributed by atoms with E-state index in [1.165, 1.54) is 11.8 Å². The molecule has 0 saturated heterocycles. The van der Waals surface area contributed by atoms with E-state index in [0.29, 0.717) is 36.2 Å². The van der Waals surface area contributed by atoms with Gasteiger partial charge in [0.15, 0.2) is 16.7 Å². The van der Waals surface area contributed by atoms with Gasteiger partial charge in [-0.15, -0.1) is 0 Å². The van der Waals surface area contributed by atoms with Crippen LogP contribution in [0, 0.1) is 0 Å². The minimum absolute atomic E-state index is 0.179. The molecule has 24 heavy (non-hydrogen) atoms. The van der Waals surface area contributed by atoms with E-state index in [1.54, 1.807) is 18.2 Å². The Hall–Kier alpha value is -2.68. The van der Waals surface area contributed by atoms with Crippen LogP contribution in [0.25, 0.3) is 0 Å². The number of ether oxygens (including phenoxy) is 2. The van der Waals surface area contributed by atoms with Crippen molar-refractivity contribution in [2.24, 2.45) is 0 Å². The van der Waals surface area contributed by atoms with Crippen molar-refractivity contribution >= 4 is 23.4 Å². The molecule has 2 aromatic rings. The number of amides is 1. The lowest BCUT2D eigenvalue weighted by atomic mass is 10.2. The van der Waals surface area contributed by atoms with Crippen LogP contribution in [-0.4, -0.2) is 39.9 Å². The Morgan fingerprint density at radius 2 is 2.08 bits per heavy atom. The monoisotopic (exact) mass is 349 g/mol. The zero-order chi connectivity index (χ0) is 16.9. The Labute approximate surface area is 141 Å². The van der Waals surface area contributed by atoms with E-state index in [1.807, 2.05) is 0 Å². The van der Waals surface area contributed by atoms with Crippen molar-refractivity contribution in [1.82, 2.24) is 9.97 Å². The number of fused-ring (bicyclic) bond motifs is 1. The van der Waals surface area contributed by atoms with Crippen molar-refractivity contribution in [3.63, 3.8) is 0 Å². The standard InChI is InChI=1S/C15H15N3O5S/c19-12(3-6-24-15-17-13(20)8-14(21)18-15)16-9-1-2-10-11(7-9)23-5-4-22-10/h1-2,7-8H,3-6H2,(H,16,19)(H2,17,18,20,21). The molecular weight excluding hydrogens is 334 g/mol. The average Bonchev–Trinajstić information content (AvgIpc) is 2.54. The number of hydrogen-bond donors (Lipinski definition) is 3. The molecule has 0 bridgehead atoms. The number of carbonyl (C=O) groups is 1. The van der Waals surface area contributed by atoms with Gasteiger partial charge in [0, 0.05) is 23.9 Å². The third-order valence-corrected chi connectivity index (χ3v) is 3.98. The number of carbonyl (C=O) groups excluding carboxylic acids is 1. The maximum absolute atomic E-state index is 12.0. The van der Waals surface area contributed by atoms with Gasteiger partial charge in [0.05, 0.1) is 6.07 Å². The quantitative estimate of drug-likeness (QED) is 0.552. The van der Waals surface area contributed by atoms with Crippen LogP contribution < -0.4 is 20.3 Å². The number of anilines is 1. The summed E-state index contributed by atoms with van der Waals surface area (Å²) in [6.07, 6.45) is 0.221. The Morgan fingerprint density at radius 1 is 1.29 bits per heavy atom. The fourth-order valence-electron chi connectivity index (χ4n) is 2.08. The summed E-state index contributed by atoms with van der Waals surface area (Å²) in [6, 6.07) is 6.19. The van der Waals surface area contributed by atoms with Gasteiger partial charge in [0.25, 0.3) is 5.56 Å². The smallest absolute Gasteiger partial charge is 0.255 e. The highest BCUT2D eigenvalue weighted by Gasteiger charge is 2.13. The third-order valence-electron chi connectivity index (χ3n) is 3.10. The van der Waals surface area contributed by atoms with Crippen LogP contribution in [0.3, 0.4) is 0 Å². The highest BCUT2D eigenvalue weighted by molar-refractivity contribution is 7.99. The third kappa shape index (κ3) is 4.19. The van der Waals surface area contributed by atoms with Crippen LogP contribution in [-0.2, 0) is 4.79 Å². The summed E-state index contributed by atoms with van der Waals surface area (Å²) in [5.74, 6) is 1.15. The van der Waals surface area contributed by atoms with Gasteiger partial charge in [-0.1, -0.05) is 11.8 Å². The van der Waals surface area contributed by atoms with Crippen LogP contribution in [0.4, 0.5) is 5.69 Å². The summed E-state index contributed by atoms with van der Waals surface area (Å²) in [6.45, 7) is 0.997. The number of hydrogen-bond acceptors (Lipinski definition) is 7. The minimum Gasteiger partial charge on any atom is -0.493 e. The van der Waals surface area contributed by atoms with Crippen molar-refractivity contribution in [2.45, 2.75) is 11.6 Å². The lowest BCUT2D eigenvalue weighted by molar-refractivity contribution is -0.115. The molecule has 1 amide bonds. The maximum atomic E-state index is 12.0. The first-order chi connectivity index (χ1) is 11.6. The lowest BCUT2D eigenvalue weighted by Gasteiger charge is -2.19. The first-order valence-electron chi connectivity index (χ1n) is 7.23. The Balaban J connectivity index is 1.51. The summed E-state index contributed by atoms with van der Waals surface area (Å²) in [4.78, 5) is 29.4. The highest BCUT2D eigenvalue weighted by Crippen LogP contribution is 2.32. The molecule has 0 saturated carbocycles. The zero-order valence-electron chi connectivity index (χ0n) is 12.6. The first-order valence-corrected chi connectivity index (χ1v) is 8.21. The molecule has 9 heteroatoms. The molecule has 2 heterocycles. The summed E-state index contributed by atoms with van der Waals surface area (Å²) in [5.41, 5.74) is 0.184. The van der Waals surface area contributed by atoms with Gasteiger partial charge in [-0.2, -0.15) is 4.98 Å². The molecule has 1 aromatic carbocycles. The molecule has 1 aliphatic rings. The predicted molar refractivity (Wildman–Crippen MR) is 87.9 cm³/mol. The summed E-state index contributed by atoms with van der Waals surface area (Å²) < 4.78 is 10.9. The van der Waals surface area contributed by atoms with Gasteiger partial charge in [0.1, 0.15) is 13.2 Å². The number of nitrogens with one attached hydrogen (secondary N) is 2. The SMILES string of the molecule is O=C(CCSc1nc(O)cc(=O)[nH]1)Nc1ccc2c(c1)OCCO2. The normalized spacial score (nSPS) is 12.7. The topological polar surface area (TPSA) is 114 Å². The highest BCUT2D eigenvalue weighted by atomic mass is 32.2. The number of aromatic amines is 1. The number of aromatic hydroxyl groups is 1. The fraction of sp³-hybridized carbons (Fsp3) is 0.267. The van der Waals surface area contributed by atoms with Crippen molar-refractivity contribution in [3.8, 4) is 17.4 Å². The lowest BCUT2D eigenvalue weighted by Crippen LogP contribution is -2.16. The number of nitrogens with zero attached hydrogens (tertiary/aromatic N) is 1. The van der Waals surface area contributed by atoms with E-state index < -0.39 is 5.56 Å². The molecule has 0 radical (unpaired) electrons. The molecule has 8 nitrogen and oxygen atoms in total. The second kappa shape index (κ2) is 7.26. The number of rotatable bonds is 5. The van der Waals surface area contributed by atoms with E-state index in [0.717, 1.165) is 6.07 Å². The van der Waals surface area contributed by atoms with Crippen molar-refractivity contribution in [3.05, 3.63) is 34.6 Å². The summed E-state index contributed by atoms with van der Waals surface area (Å²) in [7, 11) is 0. The van der Waals surface area contributed by atoms with Gasteiger partial charge in [0.2, 0.25) is 11.8 Å². The van der Waals surface area contributed by atoms with Crippen LogP contribution in [0.15, 0.2) is 34.2 Å². The number of H-pyrrole nitrogens is 1. The van der Waals surface area contributed by atoms with E-state index in [9.17, 15) is 14.7 Å². The number of thioether (sulfide) groups is 1. The minimum atomic E-state index is -0.439. The molecule has 0 atom stereocenters. The first kappa shape index (κ1) is 16.2. The molecule has 1 aromatic heterocycles. The number of benzene rings is 1. The maximum Gasteiger partial charge on any atom is 0.255 e. The van der Waals surface area contributed by atoms with Gasteiger partial charge >= 0.3 is 0 Å². The van der Waals surface area contributed by atoms with E-state index in [-0.39, 0.29) is 23.4 Å². The molecule has 0 unspecified atom stereocenters. The Morgan fingerprint density at radius 3 is 2.88 bits per heavy atom. The second-order valence-corrected chi connectivity index (χ2v) is 6.00. The van der Waals surface area contributed by atoms with Crippen LogP contribution in [0.5, 0.6) is 17.4 Å². The van der Waals surface area contributed by atoms with Crippen molar-refractivity contribution < 1.29 is 19.4 Å². The largest absolute Gasteiger partial charge is 0.493 e. The van der Waals surface area contributed by atoms with Crippen LogP contribution in [0.1, 0.15) is 6.42 Å². The van der Waals surface area contributed by atoms with Gasteiger partial charge in [-0.05, 0) is 12.1 Å². The Bertz CT molecular complexity index is 808. The zero-order valence-corrected chi connectivity index (χ0v) is 13.4. The van der Waals surface area contributed by atoms with E-state index in [2.05, 4.69) is 15.3 Å². The average molecular weight is 349 g/mol. The van der Waals surface area contributed by atoms with Crippen LogP contribution >= 0.6 is 11.8 Å². The molecule has 126 valence electrons. The molecule has 3 rings (SSSR count). The molecule has 1 aliphatic heterocycles. The van der Waals surface area contributed by atoms with Crippen LogP contribution in [0.2, 0.25) is 0 Å². The fourth-order valence-corrected chi connectivity index (χ4v) is 2.89. The summed E-state index contributed by atoms with van der Waals surface area (Å²) in [5, 5.41) is 12.3. The number of aromatic nitrogens is 2. The molecule has 3 N–H and O–H groups in total. The summed E-state index contributed by atoms with van der Waals surface area (Å²) >= 11 is 1.18. The van der Waals surface area contributed by atoms with Gasteiger partial charge in [-0.3, -0.25) is 9.59 Å². The Kier molecular flexibility index (Phi) is 4.90. The predicted octanol–water partition coefficient (Wildman–Crippen LogP) is 1.37. The van der Waals surface area contributed by atoms with E-state index >= 15 is 0 Å². The van der Waals surface area contributed by atoms with Gasteiger partial charge < -0.3 is 24.9 Å². The molecular formula is C15H15N3O5S. The second-order valence-electron chi connectivity index (χ2n) is 4.91. The molecule has 0 spiro atoms. The van der Waals surface area contributed by atoms with Crippen molar-refractivity contribution in [2.75, 3.05) is 24.3 Å². The van der Waals surface area contributed by atoms with Crippen molar-refractivity contribution in [1.29, 1.82) is 0 Å². The molecule has 0 aliphatic carbocycles.